The number of nitrogens with one attached hydrogen (secondary N) is 1. The zero-order valence-electron chi connectivity index (χ0n) is 49.3. The van der Waals surface area contributed by atoms with E-state index in [1.165, 1.54) is 37.3 Å². The second kappa shape index (κ2) is 30.5. The van der Waals surface area contributed by atoms with Crippen LogP contribution in [0.3, 0.4) is 0 Å². The molecule has 0 atom stereocenters. The Labute approximate surface area is 501 Å². The largest absolute Gasteiger partial charge is 0.444 e. The number of anilines is 3. The van der Waals surface area contributed by atoms with Gasteiger partial charge in [0.1, 0.15) is 22.6 Å². The molecule has 3 fully saturated rings. The summed E-state index contributed by atoms with van der Waals surface area (Å²) in [5.41, 5.74) is 13.7. The van der Waals surface area contributed by atoms with Crippen LogP contribution in [0.2, 0.25) is 0 Å². The highest BCUT2D eigenvalue weighted by Gasteiger charge is 2.34. The molecule has 3 saturated heterocycles. The summed E-state index contributed by atoms with van der Waals surface area (Å²) >= 11 is 10.6. The van der Waals surface area contributed by atoms with Crippen LogP contribution in [0.1, 0.15) is 134 Å². The van der Waals surface area contributed by atoms with E-state index in [0.717, 1.165) is 63.6 Å². The van der Waals surface area contributed by atoms with Crippen LogP contribution in [-0.4, -0.2) is 136 Å². The lowest BCUT2D eigenvalue weighted by atomic mass is 10.0. The lowest BCUT2D eigenvalue weighted by molar-refractivity contribution is -0.121. The summed E-state index contributed by atoms with van der Waals surface area (Å²) in [6.07, 6.45) is 5.23. The van der Waals surface area contributed by atoms with Gasteiger partial charge in [-0.2, -0.15) is 0 Å². The second-order valence-electron chi connectivity index (χ2n) is 23.1. The fourth-order valence-electron chi connectivity index (χ4n) is 8.38. The van der Waals surface area contributed by atoms with E-state index in [0.29, 0.717) is 63.6 Å². The number of nitrogens with zero attached hydrogens (tertiary/aromatic N) is 4. The zero-order valence-corrected chi connectivity index (χ0v) is 56.4. The lowest BCUT2D eigenvalue weighted by Crippen LogP contribution is -2.49. The maximum atomic E-state index is 12.6. The van der Waals surface area contributed by atoms with E-state index in [4.69, 9.17) is 19.9 Å². The number of ether oxygens (including phenoxy) is 3. The van der Waals surface area contributed by atoms with Crippen molar-refractivity contribution in [2.75, 3.05) is 67.1 Å². The number of amides is 3. The molecule has 0 bridgehead atoms. The molecule has 0 radical (unpaired) electrons. The van der Waals surface area contributed by atoms with Crippen LogP contribution in [0.4, 0.5) is 31.4 Å². The van der Waals surface area contributed by atoms with Gasteiger partial charge in [0, 0.05) is 99.7 Å². The number of aryl methyl sites for hydroxylation is 6. The van der Waals surface area contributed by atoms with E-state index in [1.54, 1.807) is 9.80 Å². The van der Waals surface area contributed by atoms with Crippen molar-refractivity contribution in [3.63, 3.8) is 0 Å². The molecule has 79 heavy (non-hydrogen) atoms. The van der Waals surface area contributed by atoms with Gasteiger partial charge in [-0.15, -0.1) is 0 Å². The Morgan fingerprint density at radius 1 is 0.570 bits per heavy atom. The van der Waals surface area contributed by atoms with E-state index in [2.05, 4.69) is 89.8 Å². The van der Waals surface area contributed by atoms with Crippen molar-refractivity contribution >= 4 is 119 Å². The lowest BCUT2D eigenvalue weighted by Gasteiger charge is -2.39. The first kappa shape index (κ1) is 71.3. The molecule has 3 heterocycles. The molecule has 17 nitrogen and oxygen atoms in total. The first-order valence-corrected chi connectivity index (χ1v) is 33.1. The summed E-state index contributed by atoms with van der Waals surface area (Å²) in [7, 11) is -2.14. The highest BCUT2D eigenvalue weighted by Crippen LogP contribution is 2.33. The maximum Gasteiger partial charge on any atom is 0.410 e. The van der Waals surface area contributed by atoms with Crippen molar-refractivity contribution in [1.29, 1.82) is 0 Å². The summed E-state index contributed by atoms with van der Waals surface area (Å²) in [4.78, 5) is 51.8. The molecule has 446 valence electrons. The van der Waals surface area contributed by atoms with Gasteiger partial charge in [0.05, 0.1) is 18.2 Å². The number of piperidine rings is 3. The summed E-state index contributed by atoms with van der Waals surface area (Å²) < 4.78 is 64.8. The third-order valence-electron chi connectivity index (χ3n) is 11.9. The monoisotopic (exact) mass is 1350 g/mol. The van der Waals surface area contributed by atoms with E-state index < -0.39 is 35.9 Å². The number of sulfonamides is 1. The predicted molar refractivity (Wildman–Crippen MR) is 331 cm³/mol. The normalized spacial score (nSPS) is 15.6. The standard InChI is InChI=1S/C19H29BrN2O4S.C18H27BrN2O2.C10H17NO3.C8H10BrN.CH3ClO2S/c1-13-11-16(12-14(2)17(13)20)22(27(6,24)25)15-7-9-21(10-8-15)18(23)26-19(3,4)5;1-12-10-15(11-13(2)16(12)19)20-14-6-8-21(9-7-14)17(22)23-18(3,4)5;1-10(2,3)14-9(13)11-6-4-8(12)5-7-11;1-5-3-7(10)4-6(2)8(5)9;1-5(2,3)4/h11-12,15H,7-10H2,1-6H3;10-11,14,20H,6-9H2,1-5H3;4-7H2,1-3H3;3-4H,10H2,1-2H3;1H3. The highest BCUT2D eigenvalue weighted by atomic mass is 79.9. The minimum Gasteiger partial charge on any atom is -0.444 e. The molecule has 0 aromatic heterocycles. The maximum absolute atomic E-state index is 12.6. The Kier molecular flexibility index (Phi) is 27.5. The van der Waals surface area contributed by atoms with E-state index in [9.17, 15) is 36.0 Å². The molecule has 3 amide bonds. The van der Waals surface area contributed by atoms with Crippen molar-refractivity contribution in [2.45, 2.75) is 171 Å². The van der Waals surface area contributed by atoms with E-state index in [-0.39, 0.29) is 30.1 Å². The van der Waals surface area contributed by atoms with Gasteiger partial charge in [-0.1, -0.05) is 47.8 Å². The third-order valence-corrected chi connectivity index (χ3v) is 16.8. The average Bonchev–Trinajstić information content (AvgIpc) is 3.28. The zero-order chi connectivity index (χ0) is 60.8. The van der Waals surface area contributed by atoms with Gasteiger partial charge in [-0.25, -0.2) is 31.2 Å². The van der Waals surface area contributed by atoms with Crippen LogP contribution in [-0.2, 0) is 38.1 Å². The fourth-order valence-corrected chi connectivity index (χ4v) is 10.3. The summed E-state index contributed by atoms with van der Waals surface area (Å²) in [5.74, 6) is 0.227. The summed E-state index contributed by atoms with van der Waals surface area (Å²) in [6.45, 7) is 32.3. The van der Waals surface area contributed by atoms with E-state index in [1.807, 2.05) is 119 Å². The van der Waals surface area contributed by atoms with Crippen molar-refractivity contribution in [1.82, 2.24) is 14.7 Å². The molecular formula is C56H86Br3ClN6O11S2. The second-order valence-corrected chi connectivity index (χ2v) is 30.4. The fraction of sp³-hybridized carbons (Fsp3) is 0.607. The van der Waals surface area contributed by atoms with Crippen molar-refractivity contribution in [3.05, 3.63) is 83.2 Å². The van der Waals surface area contributed by atoms with Crippen LogP contribution in [0.15, 0.2) is 49.8 Å². The molecule has 0 spiro atoms. The van der Waals surface area contributed by atoms with Crippen molar-refractivity contribution < 1.29 is 50.2 Å². The molecule has 3 aromatic rings. The van der Waals surface area contributed by atoms with Gasteiger partial charge in [-0.05, 0) is 199 Å². The molecule has 3 aliphatic rings. The number of carbonyl (C=O) groups excluding carboxylic acids is 4. The average molecular weight is 1360 g/mol. The molecule has 0 unspecified atom stereocenters. The topological polar surface area (TPSA) is 215 Å². The third kappa shape index (κ3) is 27.2. The number of ketones is 1. The molecular weight excluding hydrogens is 1270 g/mol. The molecule has 23 heteroatoms. The molecule has 3 aromatic carbocycles. The Balaban J connectivity index is 0.000000368. The van der Waals surface area contributed by atoms with Crippen molar-refractivity contribution in [3.8, 4) is 0 Å². The SMILES string of the molecule is CC(C)(C)OC(=O)N1CCC(=O)CC1.CS(=O)(=O)Cl.Cc1cc(N(C2CCN(C(=O)OC(C)(C)C)CC2)S(C)(=O)=O)cc(C)c1Br.Cc1cc(N)cc(C)c1Br.Cc1cc(NC2CCN(C(=O)OC(C)(C)C)CC2)cc(C)c1Br. The van der Waals surface area contributed by atoms with Crippen LogP contribution in [0.25, 0.3) is 0 Å². The smallest absolute Gasteiger partial charge is 0.410 e. The van der Waals surface area contributed by atoms with Crippen LogP contribution >= 0.6 is 58.5 Å². The summed E-state index contributed by atoms with van der Waals surface area (Å²) in [6, 6.07) is 12.2. The van der Waals surface area contributed by atoms with Gasteiger partial charge in [0.2, 0.25) is 19.1 Å². The van der Waals surface area contributed by atoms with Gasteiger partial charge < -0.3 is 40.0 Å². The quantitative estimate of drug-likeness (QED) is 0.138. The van der Waals surface area contributed by atoms with Crippen molar-refractivity contribution in [2.24, 2.45) is 0 Å². The first-order valence-electron chi connectivity index (χ1n) is 26.1. The highest BCUT2D eigenvalue weighted by molar-refractivity contribution is 9.11. The van der Waals surface area contributed by atoms with Crippen LogP contribution < -0.4 is 15.4 Å². The van der Waals surface area contributed by atoms with Crippen LogP contribution in [0, 0.1) is 41.5 Å². The minimum atomic E-state index is -3.45. The summed E-state index contributed by atoms with van der Waals surface area (Å²) in [5, 5.41) is 3.60. The number of benzene rings is 3. The number of halogens is 4. The van der Waals surface area contributed by atoms with Gasteiger partial charge in [0.25, 0.3) is 0 Å². The Bertz CT molecular complexity index is 2720. The Morgan fingerprint density at radius 2 is 0.861 bits per heavy atom. The van der Waals surface area contributed by atoms with E-state index >= 15 is 0 Å². The van der Waals surface area contributed by atoms with Crippen LogP contribution in [0.5, 0.6) is 0 Å². The predicted octanol–water partition coefficient (Wildman–Crippen LogP) is 13.5. The number of Topliss-reactive ketones (excluding diaryl/α,β-unsaturated/α-hetero) is 1. The van der Waals surface area contributed by atoms with Gasteiger partial charge >= 0.3 is 18.3 Å². The molecule has 0 saturated carbocycles. The van der Waals surface area contributed by atoms with Gasteiger partial charge in [-0.3, -0.25) is 9.10 Å². The Hall–Kier alpha value is -3.83. The number of nitrogens with two attached hydrogens (primary N) is 1. The number of rotatable bonds is 5. The molecule has 3 N–H and O–H groups in total. The number of carbonyl (C=O) groups is 4. The Morgan fingerprint density at radius 3 is 1.18 bits per heavy atom. The number of hydrogen-bond acceptors (Lipinski definition) is 13. The van der Waals surface area contributed by atoms with Gasteiger partial charge in [0.15, 0.2) is 0 Å². The molecule has 6 rings (SSSR count). The number of nitrogen functional groups attached to an aromatic ring is 1. The first-order chi connectivity index (χ1) is 35.9. The minimum absolute atomic E-state index is 0.182. The molecule has 3 aliphatic heterocycles. The molecule has 0 aliphatic carbocycles. The number of hydrogen-bond donors (Lipinski definition) is 2. The number of likely N-dealkylation sites (tertiary alicyclic amines) is 3.